The van der Waals surface area contributed by atoms with E-state index < -0.39 is 30.0 Å². The van der Waals surface area contributed by atoms with Gasteiger partial charge in [0.15, 0.2) is 12.4 Å². The zero-order valence-electron chi connectivity index (χ0n) is 9.21. The molecule has 1 aromatic rings. The van der Waals surface area contributed by atoms with Crippen LogP contribution >= 0.6 is 0 Å². The Kier molecular flexibility index (Phi) is 4.50. The Hall–Kier alpha value is -2.53. The number of rotatable bonds is 5. The molecule has 0 heterocycles. The van der Waals surface area contributed by atoms with Crippen LogP contribution in [-0.4, -0.2) is 29.1 Å². The summed E-state index contributed by atoms with van der Waals surface area (Å²) in [7, 11) is 0. The SMILES string of the molecule is N#Cc1cc(OC(F)F)cc(C(O)C(=O)O)c1C=O. The second kappa shape index (κ2) is 5.88. The predicted molar refractivity (Wildman–Crippen MR) is 55.8 cm³/mol. The first-order chi connectivity index (χ1) is 8.90. The van der Waals surface area contributed by atoms with E-state index in [1.54, 1.807) is 0 Å². The Balaban J connectivity index is 3.44. The highest BCUT2D eigenvalue weighted by Gasteiger charge is 2.23. The lowest BCUT2D eigenvalue weighted by Gasteiger charge is -2.13. The van der Waals surface area contributed by atoms with Crippen LogP contribution < -0.4 is 4.74 Å². The van der Waals surface area contributed by atoms with Gasteiger partial charge in [-0.05, 0) is 12.1 Å². The molecule has 8 heteroatoms. The molecule has 0 aliphatic carbocycles. The van der Waals surface area contributed by atoms with E-state index in [0.29, 0.717) is 0 Å². The summed E-state index contributed by atoms with van der Waals surface area (Å²) in [5.41, 5.74) is -1.25. The van der Waals surface area contributed by atoms with Gasteiger partial charge in [0.05, 0.1) is 5.56 Å². The van der Waals surface area contributed by atoms with Gasteiger partial charge in [0.1, 0.15) is 11.8 Å². The Bertz CT molecular complexity index is 553. The number of carboxylic acids is 1. The van der Waals surface area contributed by atoms with E-state index in [0.717, 1.165) is 12.1 Å². The number of alkyl halides is 2. The summed E-state index contributed by atoms with van der Waals surface area (Å²) < 4.78 is 28.2. The standard InChI is InChI=1S/C11H7F2NO5/c12-11(13)19-6-1-5(3-14)8(4-15)7(2-6)9(16)10(17)18/h1-2,4,9,11,16H,(H,17,18). The monoisotopic (exact) mass is 271 g/mol. The van der Waals surface area contributed by atoms with Gasteiger partial charge in [0, 0.05) is 11.1 Å². The molecule has 6 nitrogen and oxygen atoms in total. The number of aldehydes is 1. The van der Waals surface area contributed by atoms with Gasteiger partial charge in [0.2, 0.25) is 0 Å². The van der Waals surface area contributed by atoms with Crippen molar-refractivity contribution in [3.05, 3.63) is 28.8 Å². The van der Waals surface area contributed by atoms with E-state index >= 15 is 0 Å². The molecule has 0 saturated carbocycles. The molecule has 0 aromatic heterocycles. The van der Waals surface area contributed by atoms with Gasteiger partial charge in [-0.1, -0.05) is 0 Å². The summed E-state index contributed by atoms with van der Waals surface area (Å²) >= 11 is 0. The van der Waals surface area contributed by atoms with Gasteiger partial charge in [-0.25, -0.2) is 4.79 Å². The number of carbonyl (C=O) groups is 2. The predicted octanol–water partition coefficient (Wildman–Crippen LogP) is 1.09. The third-order valence-corrected chi connectivity index (χ3v) is 2.18. The summed E-state index contributed by atoms with van der Waals surface area (Å²) in [6, 6.07) is 3.16. The molecular formula is C11H7F2NO5. The van der Waals surface area contributed by atoms with Crippen molar-refractivity contribution >= 4 is 12.3 Å². The van der Waals surface area contributed by atoms with E-state index in [1.807, 2.05) is 0 Å². The number of aliphatic hydroxyl groups is 1. The van der Waals surface area contributed by atoms with Crippen molar-refractivity contribution in [2.75, 3.05) is 0 Å². The molecule has 0 fully saturated rings. The highest BCUT2D eigenvalue weighted by molar-refractivity contribution is 5.86. The minimum absolute atomic E-state index is 0.159. The Morgan fingerprint density at radius 1 is 1.47 bits per heavy atom. The second-order valence-corrected chi connectivity index (χ2v) is 3.32. The zero-order valence-corrected chi connectivity index (χ0v) is 9.21. The molecule has 0 radical (unpaired) electrons. The van der Waals surface area contributed by atoms with Crippen LogP contribution in [0.15, 0.2) is 12.1 Å². The van der Waals surface area contributed by atoms with Gasteiger partial charge in [-0.2, -0.15) is 14.0 Å². The first kappa shape index (κ1) is 14.5. The van der Waals surface area contributed by atoms with Gasteiger partial charge >= 0.3 is 12.6 Å². The van der Waals surface area contributed by atoms with Crippen LogP contribution in [-0.2, 0) is 4.79 Å². The number of ether oxygens (including phenoxy) is 1. The lowest BCUT2D eigenvalue weighted by molar-refractivity contribution is -0.146. The highest BCUT2D eigenvalue weighted by atomic mass is 19.3. The third kappa shape index (κ3) is 3.23. The number of nitrogens with zero attached hydrogens (tertiary/aromatic N) is 1. The maximum absolute atomic E-state index is 12.1. The number of halogens is 2. The summed E-state index contributed by atoms with van der Waals surface area (Å²) in [6.45, 7) is -3.19. The lowest BCUT2D eigenvalue weighted by Crippen LogP contribution is -2.14. The van der Waals surface area contributed by atoms with Crippen molar-refractivity contribution in [1.82, 2.24) is 0 Å². The molecule has 0 saturated heterocycles. The number of carboxylic acid groups (broad SMARTS) is 1. The topological polar surface area (TPSA) is 108 Å². The number of aliphatic carboxylic acids is 1. The minimum atomic E-state index is -3.19. The third-order valence-electron chi connectivity index (χ3n) is 2.18. The molecule has 1 aromatic carbocycles. The molecule has 0 amide bonds. The van der Waals surface area contributed by atoms with Crippen LogP contribution in [0.3, 0.4) is 0 Å². The molecule has 1 atom stereocenters. The smallest absolute Gasteiger partial charge is 0.387 e. The van der Waals surface area contributed by atoms with Crippen LogP contribution in [0.2, 0.25) is 0 Å². The van der Waals surface area contributed by atoms with Crippen molar-refractivity contribution in [3.63, 3.8) is 0 Å². The number of nitriles is 1. The molecule has 100 valence electrons. The minimum Gasteiger partial charge on any atom is -0.479 e. The van der Waals surface area contributed by atoms with Gasteiger partial charge in [0.25, 0.3) is 0 Å². The normalized spacial score (nSPS) is 11.7. The van der Waals surface area contributed by atoms with Crippen molar-refractivity contribution < 1.29 is 33.3 Å². The summed E-state index contributed by atoms with van der Waals surface area (Å²) in [4.78, 5) is 21.5. The van der Waals surface area contributed by atoms with Crippen LogP contribution in [0, 0.1) is 11.3 Å². The summed E-state index contributed by atoms with van der Waals surface area (Å²) in [6.07, 6.45) is -1.97. The largest absolute Gasteiger partial charge is 0.479 e. The first-order valence-electron chi connectivity index (χ1n) is 4.79. The quantitative estimate of drug-likeness (QED) is 0.776. The molecule has 1 unspecified atom stereocenters. The fourth-order valence-electron chi connectivity index (χ4n) is 1.40. The highest BCUT2D eigenvalue weighted by Crippen LogP contribution is 2.27. The van der Waals surface area contributed by atoms with E-state index in [2.05, 4.69) is 4.74 Å². The number of benzene rings is 1. The van der Waals surface area contributed by atoms with Gasteiger partial charge < -0.3 is 14.9 Å². The number of hydrogen-bond donors (Lipinski definition) is 2. The van der Waals surface area contributed by atoms with E-state index in [9.17, 15) is 23.5 Å². The number of aliphatic hydroxyl groups excluding tert-OH is 1. The number of hydrogen-bond acceptors (Lipinski definition) is 5. The molecule has 2 N–H and O–H groups in total. The summed E-state index contributed by atoms with van der Waals surface area (Å²) in [5.74, 6) is -2.21. The van der Waals surface area contributed by atoms with E-state index in [1.165, 1.54) is 6.07 Å². The average molecular weight is 271 g/mol. The van der Waals surface area contributed by atoms with Crippen LogP contribution in [0.5, 0.6) is 5.75 Å². The van der Waals surface area contributed by atoms with Crippen molar-refractivity contribution in [2.45, 2.75) is 12.7 Å². The maximum atomic E-state index is 12.1. The van der Waals surface area contributed by atoms with Crippen molar-refractivity contribution in [3.8, 4) is 11.8 Å². The van der Waals surface area contributed by atoms with Gasteiger partial charge in [-0.3, -0.25) is 4.79 Å². The number of carbonyl (C=O) groups excluding carboxylic acids is 1. The van der Waals surface area contributed by atoms with Crippen LogP contribution in [0.25, 0.3) is 0 Å². The first-order valence-corrected chi connectivity index (χ1v) is 4.79. The molecular weight excluding hydrogens is 264 g/mol. The Morgan fingerprint density at radius 2 is 2.11 bits per heavy atom. The van der Waals surface area contributed by atoms with Crippen LogP contribution in [0.4, 0.5) is 8.78 Å². The average Bonchev–Trinajstić information content (AvgIpc) is 2.35. The molecule has 0 bridgehead atoms. The van der Waals surface area contributed by atoms with Crippen molar-refractivity contribution in [2.24, 2.45) is 0 Å². The molecule has 19 heavy (non-hydrogen) atoms. The van der Waals surface area contributed by atoms with Crippen molar-refractivity contribution in [1.29, 1.82) is 5.26 Å². The van der Waals surface area contributed by atoms with E-state index in [-0.39, 0.29) is 17.4 Å². The molecule has 0 aliphatic heterocycles. The van der Waals surface area contributed by atoms with E-state index in [4.69, 9.17) is 10.4 Å². The molecule has 1 rings (SSSR count). The fourth-order valence-corrected chi connectivity index (χ4v) is 1.40. The fraction of sp³-hybridized carbons (Fsp3) is 0.182. The van der Waals surface area contributed by atoms with Crippen LogP contribution in [0.1, 0.15) is 27.6 Å². The lowest BCUT2D eigenvalue weighted by atomic mass is 9.98. The van der Waals surface area contributed by atoms with Gasteiger partial charge in [-0.15, -0.1) is 0 Å². The maximum Gasteiger partial charge on any atom is 0.387 e. The second-order valence-electron chi connectivity index (χ2n) is 3.32. The summed E-state index contributed by atoms with van der Waals surface area (Å²) in [5, 5.41) is 26.8. The molecule has 0 spiro atoms. The zero-order chi connectivity index (χ0) is 14.6. The molecule has 0 aliphatic rings. The Labute approximate surface area is 105 Å². The Morgan fingerprint density at radius 3 is 2.53 bits per heavy atom.